The lowest BCUT2D eigenvalue weighted by molar-refractivity contribution is -0.140. The molecule has 11 heteroatoms. The Hall–Kier alpha value is -2.27. The number of halogens is 6. The van der Waals surface area contributed by atoms with Crippen molar-refractivity contribution in [1.29, 1.82) is 0 Å². The number of nitrogens with one attached hydrogen (secondary N) is 1. The van der Waals surface area contributed by atoms with Crippen molar-refractivity contribution < 1.29 is 39.5 Å². The van der Waals surface area contributed by atoms with E-state index in [1.54, 1.807) is 0 Å². The van der Waals surface area contributed by atoms with Gasteiger partial charge >= 0.3 is 12.8 Å². The van der Waals surface area contributed by atoms with E-state index in [-0.39, 0.29) is 17.4 Å². The Labute approximate surface area is 144 Å². The van der Waals surface area contributed by atoms with Crippen LogP contribution in [0.15, 0.2) is 47.4 Å². The van der Waals surface area contributed by atoms with E-state index in [0.29, 0.717) is 12.1 Å². The minimum Gasteiger partial charge on any atom is -0.435 e. The molecule has 2 rings (SSSR count). The molecular weight excluding hydrogens is 388 g/mol. The maximum Gasteiger partial charge on any atom is 0.419 e. The smallest absolute Gasteiger partial charge is 0.419 e. The van der Waals surface area contributed by atoms with E-state index in [1.807, 2.05) is 4.72 Å². The summed E-state index contributed by atoms with van der Waals surface area (Å²) in [7, 11) is -4.40. The van der Waals surface area contributed by atoms with Gasteiger partial charge < -0.3 is 4.74 Å². The van der Waals surface area contributed by atoms with Crippen molar-refractivity contribution in [2.24, 2.45) is 0 Å². The molecule has 0 aromatic heterocycles. The van der Waals surface area contributed by atoms with Crippen molar-refractivity contribution in [1.82, 2.24) is 4.72 Å². The molecule has 0 saturated carbocycles. The Balaban J connectivity index is 2.20. The SMILES string of the molecule is O=S(=O)(NCc1cccc(OC(F)F)c1)c1ccc(F)c(C(F)(F)F)c1. The molecule has 0 heterocycles. The zero-order chi connectivity index (χ0) is 19.5. The first-order valence-electron chi connectivity index (χ1n) is 6.89. The van der Waals surface area contributed by atoms with Crippen LogP contribution in [0.3, 0.4) is 0 Å². The molecule has 0 saturated heterocycles. The van der Waals surface area contributed by atoms with Gasteiger partial charge in [-0.3, -0.25) is 0 Å². The quantitative estimate of drug-likeness (QED) is 0.749. The minimum atomic E-state index is -5.06. The number of rotatable bonds is 6. The molecule has 0 amide bonds. The second kappa shape index (κ2) is 7.54. The highest BCUT2D eigenvalue weighted by molar-refractivity contribution is 7.89. The van der Waals surface area contributed by atoms with E-state index < -0.39 is 45.6 Å². The molecule has 26 heavy (non-hydrogen) atoms. The van der Waals surface area contributed by atoms with Gasteiger partial charge in [0.25, 0.3) is 0 Å². The molecule has 0 radical (unpaired) electrons. The van der Waals surface area contributed by atoms with E-state index in [4.69, 9.17) is 0 Å². The second-order valence-electron chi connectivity index (χ2n) is 4.99. The van der Waals surface area contributed by atoms with Crippen molar-refractivity contribution in [3.05, 3.63) is 59.4 Å². The topological polar surface area (TPSA) is 55.4 Å². The Bertz CT molecular complexity index is 883. The van der Waals surface area contributed by atoms with Gasteiger partial charge in [0, 0.05) is 6.54 Å². The largest absolute Gasteiger partial charge is 0.435 e. The van der Waals surface area contributed by atoms with Crippen LogP contribution >= 0.6 is 0 Å². The molecule has 0 unspecified atom stereocenters. The van der Waals surface area contributed by atoms with Crippen molar-refractivity contribution in [2.45, 2.75) is 24.2 Å². The molecule has 0 aliphatic carbocycles. The minimum absolute atomic E-state index is 0.175. The molecule has 0 fully saturated rings. The predicted octanol–water partition coefficient (Wildman–Crippen LogP) is 3.92. The van der Waals surface area contributed by atoms with Gasteiger partial charge in [-0.1, -0.05) is 12.1 Å². The van der Waals surface area contributed by atoms with Crippen LogP contribution in [0.2, 0.25) is 0 Å². The van der Waals surface area contributed by atoms with Crippen LogP contribution in [-0.2, 0) is 22.7 Å². The summed E-state index contributed by atoms with van der Waals surface area (Å²) in [6, 6.07) is 6.35. The van der Waals surface area contributed by atoms with Crippen LogP contribution in [0.4, 0.5) is 26.3 Å². The number of hydrogen-bond acceptors (Lipinski definition) is 3. The van der Waals surface area contributed by atoms with E-state index >= 15 is 0 Å². The molecular formula is C15H11F6NO3S. The first kappa shape index (κ1) is 20.0. The fraction of sp³-hybridized carbons (Fsp3) is 0.200. The standard InChI is InChI=1S/C15H11F6NO3S/c16-13-5-4-11(7-12(13)15(19,20)21)26(23,24)22-8-9-2-1-3-10(6-9)25-14(17)18/h1-7,14,22H,8H2. The molecule has 1 N–H and O–H groups in total. The Morgan fingerprint density at radius 1 is 1.08 bits per heavy atom. The lowest BCUT2D eigenvalue weighted by Gasteiger charge is -2.12. The Morgan fingerprint density at radius 2 is 1.77 bits per heavy atom. The molecule has 0 atom stereocenters. The van der Waals surface area contributed by atoms with E-state index in [0.717, 1.165) is 6.07 Å². The van der Waals surface area contributed by atoms with Crippen LogP contribution in [0.5, 0.6) is 5.75 Å². The summed E-state index contributed by atoms with van der Waals surface area (Å²) in [5.74, 6) is -1.81. The Morgan fingerprint density at radius 3 is 2.38 bits per heavy atom. The predicted molar refractivity (Wildman–Crippen MR) is 78.5 cm³/mol. The zero-order valence-electron chi connectivity index (χ0n) is 12.7. The van der Waals surface area contributed by atoms with Gasteiger partial charge in [0.1, 0.15) is 11.6 Å². The summed E-state index contributed by atoms with van der Waals surface area (Å²) in [4.78, 5) is -0.786. The average molecular weight is 399 g/mol. The molecule has 2 aromatic carbocycles. The van der Waals surface area contributed by atoms with E-state index in [2.05, 4.69) is 4.74 Å². The molecule has 0 bridgehead atoms. The molecule has 142 valence electrons. The van der Waals surface area contributed by atoms with Gasteiger partial charge in [0.2, 0.25) is 10.0 Å². The number of alkyl halides is 5. The van der Waals surface area contributed by atoms with Gasteiger partial charge in [-0.15, -0.1) is 0 Å². The van der Waals surface area contributed by atoms with E-state index in [1.165, 1.54) is 18.2 Å². The number of ether oxygens (including phenoxy) is 1. The highest BCUT2D eigenvalue weighted by Crippen LogP contribution is 2.32. The second-order valence-corrected chi connectivity index (χ2v) is 6.76. The zero-order valence-corrected chi connectivity index (χ0v) is 13.5. The summed E-state index contributed by atoms with van der Waals surface area (Å²) in [5.41, 5.74) is -1.49. The van der Waals surface area contributed by atoms with Crippen molar-refractivity contribution in [3.63, 3.8) is 0 Å². The van der Waals surface area contributed by atoms with Crippen molar-refractivity contribution >= 4 is 10.0 Å². The molecule has 2 aromatic rings. The average Bonchev–Trinajstić information content (AvgIpc) is 2.52. The summed E-state index contributed by atoms with van der Waals surface area (Å²) in [6.07, 6.45) is -5.06. The monoisotopic (exact) mass is 399 g/mol. The van der Waals surface area contributed by atoms with Crippen LogP contribution < -0.4 is 9.46 Å². The van der Waals surface area contributed by atoms with Crippen LogP contribution in [-0.4, -0.2) is 15.0 Å². The summed E-state index contributed by atoms with van der Waals surface area (Å²) in [5, 5.41) is 0. The molecule has 0 aliphatic heterocycles. The summed E-state index contributed by atoms with van der Waals surface area (Å²) in [6.45, 7) is -3.47. The third-order valence-corrected chi connectivity index (χ3v) is 4.54. The molecule has 0 aliphatic rings. The fourth-order valence-electron chi connectivity index (χ4n) is 1.98. The van der Waals surface area contributed by atoms with Crippen LogP contribution in [0.25, 0.3) is 0 Å². The molecule has 0 spiro atoms. The normalized spacial score (nSPS) is 12.4. The lowest BCUT2D eigenvalue weighted by Crippen LogP contribution is -2.24. The number of sulfonamides is 1. The van der Waals surface area contributed by atoms with Gasteiger partial charge in [-0.25, -0.2) is 17.5 Å². The van der Waals surface area contributed by atoms with Crippen molar-refractivity contribution in [2.75, 3.05) is 0 Å². The highest BCUT2D eigenvalue weighted by atomic mass is 32.2. The summed E-state index contributed by atoms with van der Waals surface area (Å²) >= 11 is 0. The Kier molecular flexibility index (Phi) is 5.81. The number of hydrogen-bond donors (Lipinski definition) is 1. The third kappa shape index (κ3) is 5.11. The summed E-state index contributed by atoms with van der Waals surface area (Å²) < 4.78 is 106. The lowest BCUT2D eigenvalue weighted by atomic mass is 10.2. The van der Waals surface area contributed by atoms with Crippen molar-refractivity contribution in [3.8, 4) is 5.75 Å². The first-order valence-corrected chi connectivity index (χ1v) is 8.37. The maximum absolute atomic E-state index is 13.2. The van der Waals surface area contributed by atoms with Gasteiger partial charge in [-0.2, -0.15) is 22.0 Å². The van der Waals surface area contributed by atoms with Gasteiger partial charge in [0.05, 0.1) is 10.5 Å². The maximum atomic E-state index is 13.2. The first-order chi connectivity index (χ1) is 12.0. The van der Waals surface area contributed by atoms with E-state index in [9.17, 15) is 34.8 Å². The fourth-order valence-corrected chi connectivity index (χ4v) is 3.03. The third-order valence-electron chi connectivity index (χ3n) is 3.14. The van der Waals surface area contributed by atoms with Gasteiger partial charge in [-0.05, 0) is 35.9 Å². The van der Waals surface area contributed by atoms with Crippen LogP contribution in [0.1, 0.15) is 11.1 Å². The van der Waals surface area contributed by atoms with Gasteiger partial charge in [0.15, 0.2) is 0 Å². The molecule has 4 nitrogen and oxygen atoms in total. The highest BCUT2D eigenvalue weighted by Gasteiger charge is 2.35. The van der Waals surface area contributed by atoms with Crippen LogP contribution in [0, 0.1) is 5.82 Å². The number of benzene rings is 2.